The molecule has 3 rings (SSSR count). The number of ether oxygens (including phenoxy) is 2. The second kappa shape index (κ2) is 11.6. The first-order chi connectivity index (χ1) is 14.7. The zero-order valence-electron chi connectivity index (χ0n) is 17.4. The zero-order chi connectivity index (χ0) is 21.0. The Balaban J connectivity index is 1.65. The van der Waals surface area contributed by atoms with Crippen LogP contribution in [0.4, 0.5) is 0 Å². The maximum Gasteiger partial charge on any atom is 0.310 e. The van der Waals surface area contributed by atoms with E-state index >= 15 is 0 Å². The Kier molecular flexibility index (Phi) is 8.28. The van der Waals surface area contributed by atoms with Crippen molar-refractivity contribution in [1.29, 1.82) is 0 Å². The molecular weight excluding hydrogens is 372 g/mol. The molecule has 0 radical (unpaired) electrons. The number of unbranched alkanes of at least 4 members (excludes halogenated alkanes) is 1. The molecule has 0 saturated carbocycles. The summed E-state index contributed by atoms with van der Waals surface area (Å²) in [7, 11) is 0. The molecule has 0 N–H and O–H groups in total. The summed E-state index contributed by atoms with van der Waals surface area (Å²) in [5.41, 5.74) is 4.00. The van der Waals surface area contributed by atoms with Crippen molar-refractivity contribution in [2.24, 2.45) is 0 Å². The van der Waals surface area contributed by atoms with E-state index in [4.69, 9.17) is 9.47 Å². The van der Waals surface area contributed by atoms with Crippen molar-refractivity contribution in [2.45, 2.75) is 39.4 Å². The van der Waals surface area contributed by atoms with Gasteiger partial charge < -0.3 is 9.47 Å². The van der Waals surface area contributed by atoms with Gasteiger partial charge in [-0.25, -0.2) is 0 Å². The molecule has 0 aromatic heterocycles. The number of hydrogen-bond acceptors (Lipinski definition) is 3. The molecule has 30 heavy (non-hydrogen) atoms. The van der Waals surface area contributed by atoms with Gasteiger partial charge in [0.1, 0.15) is 19.0 Å². The average Bonchev–Trinajstić information content (AvgIpc) is 2.79. The van der Waals surface area contributed by atoms with Gasteiger partial charge in [0, 0.05) is 5.56 Å². The number of carbonyl (C=O) groups excluding carboxylic acids is 1. The van der Waals surface area contributed by atoms with Gasteiger partial charge in [0.05, 0.1) is 6.42 Å². The van der Waals surface area contributed by atoms with Gasteiger partial charge in [0.25, 0.3) is 0 Å². The first-order valence-electron chi connectivity index (χ1n) is 10.4. The predicted molar refractivity (Wildman–Crippen MR) is 121 cm³/mol. The Morgan fingerprint density at radius 3 is 2.17 bits per heavy atom. The van der Waals surface area contributed by atoms with E-state index in [-0.39, 0.29) is 12.4 Å². The van der Waals surface area contributed by atoms with Crippen LogP contribution in [0, 0.1) is 0 Å². The summed E-state index contributed by atoms with van der Waals surface area (Å²) in [6.45, 7) is 2.95. The predicted octanol–water partition coefficient (Wildman–Crippen LogP) is 6.36. The average molecular weight is 401 g/mol. The van der Waals surface area contributed by atoms with Crippen molar-refractivity contribution in [2.75, 3.05) is 0 Å². The molecule has 154 valence electrons. The highest BCUT2D eigenvalue weighted by Gasteiger charge is 2.09. The highest BCUT2D eigenvalue weighted by atomic mass is 16.5. The Morgan fingerprint density at radius 1 is 0.833 bits per heavy atom. The molecule has 0 unspecified atom stereocenters. The fourth-order valence-corrected chi connectivity index (χ4v) is 3.04. The fraction of sp³-hybridized carbons (Fsp3) is 0.222. The van der Waals surface area contributed by atoms with Crippen LogP contribution in [0.2, 0.25) is 0 Å². The van der Waals surface area contributed by atoms with Gasteiger partial charge in [0.15, 0.2) is 0 Å². The Bertz CT molecular complexity index is 946. The molecule has 3 nitrogen and oxygen atoms in total. The van der Waals surface area contributed by atoms with Crippen molar-refractivity contribution in [3.63, 3.8) is 0 Å². The summed E-state index contributed by atoms with van der Waals surface area (Å²) in [6.07, 6.45) is 6.54. The van der Waals surface area contributed by atoms with Gasteiger partial charge in [-0.3, -0.25) is 4.79 Å². The number of hydrogen-bond donors (Lipinski definition) is 0. The van der Waals surface area contributed by atoms with Gasteiger partial charge in [-0.05, 0) is 35.2 Å². The summed E-state index contributed by atoms with van der Waals surface area (Å²) in [6, 6.07) is 25.7. The largest absolute Gasteiger partial charge is 0.488 e. The van der Waals surface area contributed by atoms with E-state index in [1.165, 1.54) is 0 Å². The molecule has 3 heteroatoms. The lowest BCUT2D eigenvalue weighted by atomic mass is 10.1. The molecule has 0 spiro atoms. The molecule has 0 atom stereocenters. The third-order valence-corrected chi connectivity index (χ3v) is 4.66. The number of rotatable bonds is 10. The van der Waals surface area contributed by atoms with Gasteiger partial charge in [-0.1, -0.05) is 92.2 Å². The molecule has 0 aliphatic carbocycles. The third kappa shape index (κ3) is 6.93. The Morgan fingerprint density at radius 2 is 1.50 bits per heavy atom. The molecule has 3 aromatic rings. The Labute approximate surface area is 179 Å². The minimum absolute atomic E-state index is 0.236. The molecule has 0 fully saturated rings. The summed E-state index contributed by atoms with van der Waals surface area (Å²) >= 11 is 0. The summed E-state index contributed by atoms with van der Waals surface area (Å²) < 4.78 is 11.5. The molecule has 0 aliphatic rings. The van der Waals surface area contributed by atoms with Crippen LogP contribution in [0.3, 0.4) is 0 Å². The van der Waals surface area contributed by atoms with Crippen LogP contribution in [0.15, 0.2) is 84.9 Å². The summed E-state index contributed by atoms with van der Waals surface area (Å²) in [4.78, 5) is 12.3. The van der Waals surface area contributed by atoms with Crippen LogP contribution in [0.25, 0.3) is 6.08 Å². The van der Waals surface area contributed by atoms with Crippen molar-refractivity contribution in [1.82, 2.24) is 0 Å². The SMILES string of the molecule is CCCC=Cc1cc(CC(=O)OCc2ccccc2)ccc1OCc1ccccc1. The van der Waals surface area contributed by atoms with E-state index in [0.717, 1.165) is 40.8 Å². The second-order valence-electron chi connectivity index (χ2n) is 7.16. The monoisotopic (exact) mass is 400 g/mol. The smallest absolute Gasteiger partial charge is 0.310 e. The summed E-state index contributed by atoms with van der Waals surface area (Å²) in [5.74, 6) is 0.577. The molecule has 3 aromatic carbocycles. The number of esters is 1. The van der Waals surface area contributed by atoms with Crippen molar-refractivity contribution < 1.29 is 14.3 Å². The van der Waals surface area contributed by atoms with Crippen molar-refractivity contribution in [3.05, 3.63) is 107 Å². The fourth-order valence-electron chi connectivity index (χ4n) is 3.04. The topological polar surface area (TPSA) is 35.5 Å². The highest BCUT2D eigenvalue weighted by molar-refractivity contribution is 5.73. The second-order valence-corrected chi connectivity index (χ2v) is 7.16. The van der Waals surface area contributed by atoms with Crippen LogP contribution in [0.5, 0.6) is 5.75 Å². The molecule has 0 saturated heterocycles. The standard InChI is InChI=1S/C27H28O3/c1-2-3-6-15-25-18-24(19-27(28)30-21-23-13-9-5-10-14-23)16-17-26(25)29-20-22-11-7-4-8-12-22/h4-18H,2-3,19-21H2,1H3. The minimum atomic E-state index is -0.236. The van der Waals surface area contributed by atoms with Crippen molar-refractivity contribution in [3.8, 4) is 5.75 Å². The zero-order valence-corrected chi connectivity index (χ0v) is 17.4. The van der Waals surface area contributed by atoms with Gasteiger partial charge >= 0.3 is 5.97 Å². The lowest BCUT2D eigenvalue weighted by Crippen LogP contribution is -2.08. The van der Waals surface area contributed by atoms with E-state index in [2.05, 4.69) is 19.1 Å². The van der Waals surface area contributed by atoms with Crippen LogP contribution in [0.1, 0.15) is 42.0 Å². The maximum absolute atomic E-state index is 12.3. The Hall–Kier alpha value is -3.33. The maximum atomic E-state index is 12.3. The van der Waals surface area contributed by atoms with E-state index in [9.17, 15) is 4.79 Å². The van der Waals surface area contributed by atoms with Crippen LogP contribution in [-0.4, -0.2) is 5.97 Å². The molecule has 0 amide bonds. The van der Waals surface area contributed by atoms with Gasteiger partial charge in [-0.15, -0.1) is 0 Å². The van der Waals surface area contributed by atoms with E-state index < -0.39 is 0 Å². The normalized spacial score (nSPS) is 10.8. The molecule has 0 bridgehead atoms. The quantitative estimate of drug-likeness (QED) is 0.371. The minimum Gasteiger partial charge on any atom is -0.488 e. The molecular formula is C27H28O3. The van der Waals surface area contributed by atoms with E-state index in [1.807, 2.05) is 78.9 Å². The van der Waals surface area contributed by atoms with E-state index in [0.29, 0.717) is 13.2 Å². The van der Waals surface area contributed by atoms with Gasteiger partial charge in [-0.2, -0.15) is 0 Å². The van der Waals surface area contributed by atoms with Crippen LogP contribution in [-0.2, 0) is 29.2 Å². The van der Waals surface area contributed by atoms with Gasteiger partial charge in [0.2, 0.25) is 0 Å². The third-order valence-electron chi connectivity index (χ3n) is 4.66. The lowest BCUT2D eigenvalue weighted by Gasteiger charge is -2.12. The first-order valence-corrected chi connectivity index (χ1v) is 10.4. The highest BCUT2D eigenvalue weighted by Crippen LogP contribution is 2.24. The van der Waals surface area contributed by atoms with Crippen LogP contribution >= 0.6 is 0 Å². The van der Waals surface area contributed by atoms with Crippen molar-refractivity contribution >= 4 is 12.0 Å². The molecule has 0 heterocycles. The number of benzene rings is 3. The first kappa shape index (κ1) is 21.4. The van der Waals surface area contributed by atoms with Crippen LogP contribution < -0.4 is 4.74 Å². The number of carbonyl (C=O) groups is 1. The number of allylic oxidation sites excluding steroid dienone is 1. The lowest BCUT2D eigenvalue weighted by molar-refractivity contribution is -0.144. The molecule has 0 aliphatic heterocycles. The summed E-state index contributed by atoms with van der Waals surface area (Å²) in [5, 5.41) is 0. The van der Waals surface area contributed by atoms with E-state index in [1.54, 1.807) is 0 Å².